The molecule has 1 aliphatic carbocycles. The van der Waals surface area contributed by atoms with Crippen molar-refractivity contribution in [1.29, 1.82) is 0 Å². The maximum atomic E-state index is 15.0. The topological polar surface area (TPSA) is 119 Å². The van der Waals surface area contributed by atoms with E-state index in [2.05, 4.69) is 50.6 Å². The number of fused-ring (bicyclic) bond motifs is 1. The summed E-state index contributed by atoms with van der Waals surface area (Å²) in [4.78, 5) is 26.7. The second kappa shape index (κ2) is 20.5. The molecule has 52 heavy (non-hydrogen) atoms. The number of nitrogens with one attached hydrogen (secondary N) is 2. The van der Waals surface area contributed by atoms with Crippen LogP contribution in [0.5, 0.6) is 11.5 Å². The number of piperidine rings is 1. The van der Waals surface area contributed by atoms with E-state index in [0.29, 0.717) is 74.9 Å². The monoisotopic (exact) mass is 738 g/mol. The second-order valence-corrected chi connectivity index (χ2v) is 14.0. The molecule has 1 aromatic carbocycles. The van der Waals surface area contributed by atoms with E-state index in [9.17, 15) is 9.18 Å². The zero-order valence-corrected chi connectivity index (χ0v) is 31.1. The molecule has 1 saturated heterocycles. The Labute approximate surface area is 309 Å². The number of nitrogens with zero attached hydrogens (tertiary/aromatic N) is 4. The van der Waals surface area contributed by atoms with Crippen molar-refractivity contribution in [2.75, 3.05) is 91.9 Å². The number of rotatable bonds is 22. The van der Waals surface area contributed by atoms with Crippen LogP contribution in [0.1, 0.15) is 30.6 Å². The Kier molecular flexibility index (Phi) is 15.5. The number of ether oxygens (including phenoxy) is 5. The van der Waals surface area contributed by atoms with Gasteiger partial charge in [-0.05, 0) is 69.6 Å². The fraction of sp³-hybridized carbons (Fsp3) is 0.500. The van der Waals surface area contributed by atoms with Gasteiger partial charge in [-0.25, -0.2) is 9.18 Å². The zero-order valence-electron chi connectivity index (χ0n) is 30.2. The van der Waals surface area contributed by atoms with Gasteiger partial charge < -0.3 is 39.2 Å². The van der Waals surface area contributed by atoms with Crippen molar-refractivity contribution in [3.8, 4) is 11.5 Å². The SMILES string of the molecule is C=C(C=NC(=C)c1cc2nccc(Oc3ccc(NC(=O)NC4CC4)cc3F)c2s1)CN1CCC(N(C)CCOCCOCCOCCOC)CC1. The molecular weight excluding hydrogens is 688 g/mol. The van der Waals surface area contributed by atoms with Crippen LogP contribution in [0, 0.1) is 5.82 Å². The summed E-state index contributed by atoms with van der Waals surface area (Å²) in [6.45, 7) is 16.1. The minimum atomic E-state index is -0.589. The number of amides is 2. The fourth-order valence-electron chi connectivity index (χ4n) is 5.65. The molecule has 2 N–H and O–H groups in total. The standard InChI is InChI=1S/C38H51FN6O6S/c1-27(26-45-13-10-31(11-14-45)44(3)15-16-48-19-20-50-22-21-49-18-17-47-4)25-41-28(2)36-24-33-37(52-36)35(9-12-40-33)51-34-8-7-30(23-32(34)39)43-38(46)42-29-5-6-29/h7-9,12,23-25,29,31H,1-2,5-6,10-11,13-22,26H2,3-4H3,(H2,42,43,46). The van der Waals surface area contributed by atoms with Crippen LogP contribution in [0.3, 0.4) is 0 Å². The number of likely N-dealkylation sites (tertiary alicyclic amines) is 1. The average molecular weight is 739 g/mol. The van der Waals surface area contributed by atoms with Crippen molar-refractivity contribution in [3.63, 3.8) is 0 Å². The van der Waals surface area contributed by atoms with Crippen LogP contribution >= 0.6 is 11.3 Å². The molecule has 14 heteroatoms. The number of likely N-dealkylation sites (N-methyl/N-ethyl adjacent to an activating group) is 1. The lowest BCUT2D eigenvalue weighted by Crippen LogP contribution is -2.44. The Morgan fingerprint density at radius 3 is 2.42 bits per heavy atom. The first-order valence-electron chi connectivity index (χ1n) is 17.8. The Morgan fingerprint density at radius 1 is 1.02 bits per heavy atom. The number of halogens is 1. The van der Waals surface area contributed by atoms with Gasteiger partial charge in [-0.2, -0.15) is 0 Å². The van der Waals surface area contributed by atoms with E-state index in [1.807, 2.05) is 6.07 Å². The van der Waals surface area contributed by atoms with Gasteiger partial charge in [0.1, 0.15) is 5.75 Å². The number of benzene rings is 1. The smallest absolute Gasteiger partial charge is 0.319 e. The highest BCUT2D eigenvalue weighted by molar-refractivity contribution is 7.20. The Hall–Kier alpha value is -3.76. The Morgan fingerprint density at radius 2 is 1.73 bits per heavy atom. The summed E-state index contributed by atoms with van der Waals surface area (Å²) < 4.78 is 43.3. The first-order chi connectivity index (χ1) is 25.3. The first kappa shape index (κ1) is 39.4. The number of methoxy groups -OCH3 is 1. The summed E-state index contributed by atoms with van der Waals surface area (Å²) in [5, 5.41) is 5.47. The highest BCUT2D eigenvalue weighted by atomic mass is 32.1. The van der Waals surface area contributed by atoms with Crippen molar-refractivity contribution < 1.29 is 32.9 Å². The average Bonchev–Trinajstić information content (AvgIpc) is 3.83. The van der Waals surface area contributed by atoms with E-state index in [4.69, 9.17) is 23.7 Å². The second-order valence-electron chi connectivity index (χ2n) is 12.9. The number of thiophene rings is 1. The predicted molar refractivity (Wildman–Crippen MR) is 204 cm³/mol. The zero-order chi connectivity index (χ0) is 36.7. The molecule has 0 bridgehead atoms. The Balaban J connectivity index is 1.01. The summed E-state index contributed by atoms with van der Waals surface area (Å²) in [5.41, 5.74) is 2.54. The van der Waals surface area contributed by atoms with E-state index < -0.39 is 5.82 Å². The quantitative estimate of drug-likeness (QED) is 0.0918. The lowest BCUT2D eigenvalue weighted by Gasteiger charge is -2.36. The number of pyridine rings is 1. The van der Waals surface area contributed by atoms with E-state index in [0.717, 1.165) is 67.0 Å². The number of hydrogen-bond donors (Lipinski definition) is 2. The molecule has 2 fully saturated rings. The number of anilines is 1. The summed E-state index contributed by atoms with van der Waals surface area (Å²) in [7, 11) is 3.82. The van der Waals surface area contributed by atoms with Crippen molar-refractivity contribution >= 4 is 45.2 Å². The van der Waals surface area contributed by atoms with Crippen LogP contribution < -0.4 is 15.4 Å². The fourth-order valence-corrected chi connectivity index (χ4v) is 6.64. The summed E-state index contributed by atoms with van der Waals surface area (Å²) >= 11 is 1.43. The number of carbonyl (C=O) groups is 1. The number of urea groups is 1. The number of carbonyl (C=O) groups excluding carboxylic acids is 1. The first-order valence-corrected chi connectivity index (χ1v) is 18.6. The van der Waals surface area contributed by atoms with Gasteiger partial charge in [0.25, 0.3) is 0 Å². The van der Waals surface area contributed by atoms with Crippen molar-refractivity contribution in [3.05, 3.63) is 66.0 Å². The van der Waals surface area contributed by atoms with Crippen molar-refractivity contribution in [2.24, 2.45) is 4.99 Å². The van der Waals surface area contributed by atoms with E-state index >= 15 is 0 Å². The molecular formula is C38H51FN6O6S. The van der Waals surface area contributed by atoms with E-state index in [1.165, 1.54) is 23.5 Å². The normalized spacial score (nSPS) is 15.5. The summed E-state index contributed by atoms with van der Waals surface area (Å²) in [6, 6.07) is 8.33. The predicted octanol–water partition coefficient (Wildman–Crippen LogP) is 6.20. The molecule has 0 atom stereocenters. The molecule has 0 unspecified atom stereocenters. The number of aliphatic imine (C=N–C) groups is 1. The van der Waals surface area contributed by atoms with Crippen LogP contribution in [0.2, 0.25) is 0 Å². The lowest BCUT2D eigenvalue weighted by atomic mass is 10.0. The largest absolute Gasteiger partial charge is 0.453 e. The lowest BCUT2D eigenvalue weighted by molar-refractivity contribution is -0.000430. The maximum Gasteiger partial charge on any atom is 0.319 e. The minimum Gasteiger partial charge on any atom is -0.453 e. The van der Waals surface area contributed by atoms with Gasteiger partial charge in [0.2, 0.25) is 0 Å². The molecule has 12 nitrogen and oxygen atoms in total. The van der Waals surface area contributed by atoms with Crippen LogP contribution in [-0.4, -0.2) is 126 Å². The maximum absolute atomic E-state index is 15.0. The third-order valence-electron chi connectivity index (χ3n) is 8.76. The van der Waals surface area contributed by atoms with Crippen LogP contribution in [0.25, 0.3) is 15.9 Å². The summed E-state index contributed by atoms with van der Waals surface area (Å²) in [6.07, 6.45) is 7.51. The van der Waals surface area contributed by atoms with Crippen LogP contribution in [-0.2, 0) is 18.9 Å². The number of aromatic nitrogens is 1. The van der Waals surface area contributed by atoms with Crippen LogP contribution in [0.4, 0.5) is 14.9 Å². The molecule has 0 spiro atoms. The third kappa shape index (κ3) is 12.7. The van der Waals surface area contributed by atoms with Crippen molar-refractivity contribution in [2.45, 2.75) is 37.8 Å². The van der Waals surface area contributed by atoms with E-state index in [1.54, 1.807) is 31.7 Å². The molecule has 3 aromatic rings. The molecule has 3 heterocycles. The molecule has 0 radical (unpaired) electrons. The molecule has 2 aliphatic rings. The molecule has 1 saturated carbocycles. The molecule has 5 rings (SSSR count). The number of hydrogen-bond acceptors (Lipinski definition) is 11. The van der Waals surface area contributed by atoms with Gasteiger partial charge in [-0.3, -0.25) is 14.9 Å². The van der Waals surface area contributed by atoms with Crippen molar-refractivity contribution in [1.82, 2.24) is 20.1 Å². The minimum absolute atomic E-state index is 0.0436. The van der Waals surface area contributed by atoms with Gasteiger partial charge in [0, 0.05) is 62.5 Å². The highest BCUT2D eigenvalue weighted by Gasteiger charge is 2.24. The summed E-state index contributed by atoms with van der Waals surface area (Å²) in [5.74, 6) is -0.0765. The highest BCUT2D eigenvalue weighted by Crippen LogP contribution is 2.38. The molecule has 1 aliphatic heterocycles. The van der Waals surface area contributed by atoms with E-state index in [-0.39, 0.29) is 17.8 Å². The van der Waals surface area contributed by atoms with Gasteiger partial charge in [-0.1, -0.05) is 13.2 Å². The Bertz CT molecular complexity index is 1660. The molecule has 2 aromatic heterocycles. The van der Waals surface area contributed by atoms with Gasteiger partial charge in [-0.15, -0.1) is 11.3 Å². The molecule has 2 amide bonds. The van der Waals surface area contributed by atoms with Gasteiger partial charge in [0.05, 0.1) is 67.0 Å². The van der Waals surface area contributed by atoms with Gasteiger partial charge >= 0.3 is 6.03 Å². The third-order valence-corrected chi connectivity index (χ3v) is 9.94. The van der Waals surface area contributed by atoms with Crippen LogP contribution in [0.15, 0.2) is 60.3 Å². The van der Waals surface area contributed by atoms with Gasteiger partial charge in [0.15, 0.2) is 11.6 Å². The molecule has 282 valence electrons.